The average molecular weight is 441 g/mol. The number of ether oxygens (including phenoxy) is 1. The molecule has 1 aliphatic rings. The Hall–Kier alpha value is -2.81. The summed E-state index contributed by atoms with van der Waals surface area (Å²) in [6, 6.07) is 7.76. The Balaban J connectivity index is 1.74. The van der Waals surface area contributed by atoms with Gasteiger partial charge < -0.3 is 10.1 Å². The summed E-state index contributed by atoms with van der Waals surface area (Å²) >= 11 is 1.38. The van der Waals surface area contributed by atoms with E-state index in [1.807, 2.05) is 38.1 Å². The van der Waals surface area contributed by atoms with E-state index in [1.165, 1.54) is 24.6 Å². The number of nitrogens with one attached hydrogen (secondary N) is 3. The Morgan fingerprint density at radius 3 is 2.71 bits per heavy atom. The highest BCUT2D eigenvalue weighted by atomic mass is 32.2. The van der Waals surface area contributed by atoms with E-state index in [0.717, 1.165) is 30.0 Å². The molecule has 2 heterocycles. The van der Waals surface area contributed by atoms with Crippen LogP contribution in [0.25, 0.3) is 16.7 Å². The van der Waals surface area contributed by atoms with E-state index in [1.54, 1.807) is 11.7 Å². The van der Waals surface area contributed by atoms with Crippen LogP contribution in [0.5, 0.6) is 5.75 Å². The summed E-state index contributed by atoms with van der Waals surface area (Å²) in [7, 11) is 1.62. The maximum atomic E-state index is 13.0. The first-order valence-electron chi connectivity index (χ1n) is 10.7. The minimum atomic E-state index is -0.297. The zero-order chi connectivity index (χ0) is 22.0. The standard InChI is InChI=1S/C22H28N6O2S/c1-4-17(21(29)24-14-7-5-6-8-14)31-22-25-20-18(13(2)26-27-20)19(23)28(22)15-9-11-16(30-3)12-10-15/h9-12,14,17,23H,4-8H2,1-3H3,(H,24,29)(H,26,27)/t17-/m0/s1. The van der Waals surface area contributed by atoms with E-state index in [2.05, 4.69) is 15.5 Å². The van der Waals surface area contributed by atoms with Crippen LogP contribution >= 0.6 is 11.8 Å². The highest BCUT2D eigenvalue weighted by Crippen LogP contribution is 2.28. The predicted molar refractivity (Wildman–Crippen MR) is 121 cm³/mol. The molecule has 0 aliphatic heterocycles. The van der Waals surface area contributed by atoms with Crippen LogP contribution in [0.3, 0.4) is 0 Å². The third-order valence-electron chi connectivity index (χ3n) is 5.72. The first kappa shape index (κ1) is 21.4. The van der Waals surface area contributed by atoms with Crippen molar-refractivity contribution in [2.75, 3.05) is 7.11 Å². The lowest BCUT2D eigenvalue weighted by atomic mass is 10.2. The van der Waals surface area contributed by atoms with E-state index >= 15 is 0 Å². The summed E-state index contributed by atoms with van der Waals surface area (Å²) in [4.78, 5) is 17.7. The number of carbonyl (C=O) groups is 1. The average Bonchev–Trinajstić information content (AvgIpc) is 3.42. The van der Waals surface area contributed by atoms with Crippen LogP contribution in [0.2, 0.25) is 0 Å². The number of rotatable bonds is 7. The molecule has 8 nitrogen and oxygen atoms in total. The second-order valence-corrected chi connectivity index (χ2v) is 9.00. The molecular formula is C22H28N6O2S. The number of carbonyl (C=O) groups excluding carboxylic acids is 1. The summed E-state index contributed by atoms with van der Waals surface area (Å²) in [5.74, 6) is 0.772. The Morgan fingerprint density at radius 2 is 2.06 bits per heavy atom. The summed E-state index contributed by atoms with van der Waals surface area (Å²) < 4.78 is 7.05. The zero-order valence-electron chi connectivity index (χ0n) is 18.1. The van der Waals surface area contributed by atoms with Gasteiger partial charge in [0, 0.05) is 17.4 Å². The van der Waals surface area contributed by atoms with E-state index in [-0.39, 0.29) is 22.7 Å². The quantitative estimate of drug-likeness (QED) is 0.385. The van der Waals surface area contributed by atoms with Crippen molar-refractivity contribution in [2.45, 2.75) is 62.4 Å². The van der Waals surface area contributed by atoms with E-state index in [9.17, 15) is 4.79 Å². The van der Waals surface area contributed by atoms with Crippen molar-refractivity contribution < 1.29 is 9.53 Å². The first-order valence-corrected chi connectivity index (χ1v) is 11.5. The van der Waals surface area contributed by atoms with Gasteiger partial charge in [0.25, 0.3) is 0 Å². The number of aromatic nitrogens is 4. The highest BCUT2D eigenvalue weighted by molar-refractivity contribution is 8.00. The topological polar surface area (TPSA) is 109 Å². The molecule has 1 atom stereocenters. The molecule has 1 fully saturated rings. The molecule has 9 heteroatoms. The molecular weight excluding hydrogens is 412 g/mol. The van der Waals surface area contributed by atoms with Crippen LogP contribution in [-0.2, 0) is 4.79 Å². The van der Waals surface area contributed by atoms with Crippen molar-refractivity contribution in [1.29, 1.82) is 5.41 Å². The molecule has 4 rings (SSSR count). The first-order chi connectivity index (χ1) is 15.0. The molecule has 0 bridgehead atoms. The van der Waals surface area contributed by atoms with Crippen LogP contribution in [0.15, 0.2) is 29.4 Å². The largest absolute Gasteiger partial charge is 0.497 e. The molecule has 1 aromatic carbocycles. The summed E-state index contributed by atoms with van der Waals surface area (Å²) in [6.07, 6.45) is 5.10. The van der Waals surface area contributed by atoms with Gasteiger partial charge in [-0.1, -0.05) is 31.5 Å². The number of hydrogen-bond acceptors (Lipinski definition) is 6. The third kappa shape index (κ3) is 4.32. The fourth-order valence-electron chi connectivity index (χ4n) is 3.99. The Kier molecular flexibility index (Phi) is 6.31. The van der Waals surface area contributed by atoms with Crippen LogP contribution in [0, 0.1) is 12.3 Å². The van der Waals surface area contributed by atoms with Crippen LogP contribution in [-0.4, -0.2) is 44.1 Å². The minimum Gasteiger partial charge on any atom is -0.497 e. The molecule has 1 amide bonds. The lowest BCUT2D eigenvalue weighted by Gasteiger charge is -2.20. The van der Waals surface area contributed by atoms with Gasteiger partial charge in [-0.3, -0.25) is 19.9 Å². The van der Waals surface area contributed by atoms with Gasteiger partial charge in [-0.25, -0.2) is 4.98 Å². The van der Waals surface area contributed by atoms with Gasteiger partial charge in [-0.05, 0) is 50.5 Å². The van der Waals surface area contributed by atoms with Gasteiger partial charge in [0.2, 0.25) is 5.91 Å². The minimum absolute atomic E-state index is 0.0346. The summed E-state index contributed by atoms with van der Waals surface area (Å²) in [6.45, 7) is 3.88. The monoisotopic (exact) mass is 440 g/mol. The molecule has 1 aliphatic carbocycles. The Morgan fingerprint density at radius 1 is 1.35 bits per heavy atom. The van der Waals surface area contributed by atoms with Gasteiger partial charge >= 0.3 is 0 Å². The van der Waals surface area contributed by atoms with Gasteiger partial charge in [-0.2, -0.15) is 5.10 Å². The van der Waals surface area contributed by atoms with Crippen molar-refractivity contribution in [1.82, 2.24) is 25.1 Å². The number of thioether (sulfide) groups is 1. The maximum Gasteiger partial charge on any atom is 0.233 e. The number of hydrogen-bond donors (Lipinski definition) is 3. The smallest absolute Gasteiger partial charge is 0.233 e. The highest BCUT2D eigenvalue weighted by Gasteiger charge is 2.26. The van der Waals surface area contributed by atoms with Crippen molar-refractivity contribution in [3.05, 3.63) is 35.4 Å². The summed E-state index contributed by atoms with van der Waals surface area (Å²) in [5, 5.41) is 20.2. The number of amides is 1. The number of benzene rings is 1. The predicted octanol–water partition coefficient (Wildman–Crippen LogP) is 3.47. The van der Waals surface area contributed by atoms with Crippen molar-refractivity contribution in [3.8, 4) is 11.4 Å². The van der Waals surface area contributed by atoms with Crippen LogP contribution in [0.1, 0.15) is 44.7 Å². The zero-order valence-corrected chi connectivity index (χ0v) is 18.9. The molecule has 3 aromatic rings. The van der Waals surface area contributed by atoms with Crippen LogP contribution in [0.4, 0.5) is 0 Å². The molecule has 164 valence electrons. The van der Waals surface area contributed by atoms with Crippen molar-refractivity contribution >= 4 is 28.7 Å². The van der Waals surface area contributed by atoms with E-state index in [0.29, 0.717) is 22.6 Å². The van der Waals surface area contributed by atoms with Gasteiger partial charge in [0.1, 0.15) is 11.2 Å². The van der Waals surface area contributed by atoms with E-state index < -0.39 is 0 Å². The number of methoxy groups -OCH3 is 1. The second kappa shape index (κ2) is 9.13. The molecule has 3 N–H and O–H groups in total. The molecule has 0 radical (unpaired) electrons. The lowest BCUT2D eigenvalue weighted by Crippen LogP contribution is -2.39. The fraction of sp³-hybridized carbons (Fsp3) is 0.455. The van der Waals surface area contributed by atoms with Gasteiger partial charge in [-0.15, -0.1) is 0 Å². The number of aryl methyl sites for hydroxylation is 1. The summed E-state index contributed by atoms with van der Waals surface area (Å²) in [5.41, 5.74) is 2.35. The van der Waals surface area contributed by atoms with Crippen molar-refractivity contribution in [3.63, 3.8) is 0 Å². The van der Waals surface area contributed by atoms with Gasteiger partial charge in [0.15, 0.2) is 10.8 Å². The number of nitrogens with zero attached hydrogens (tertiary/aromatic N) is 3. The number of fused-ring (bicyclic) bond motifs is 1. The Labute approximate surface area is 185 Å². The number of aromatic amines is 1. The molecule has 0 spiro atoms. The number of H-pyrrole nitrogens is 1. The molecule has 0 unspecified atom stereocenters. The van der Waals surface area contributed by atoms with Gasteiger partial charge in [0.05, 0.1) is 17.7 Å². The van der Waals surface area contributed by atoms with E-state index in [4.69, 9.17) is 15.1 Å². The van der Waals surface area contributed by atoms with Crippen LogP contribution < -0.4 is 15.5 Å². The SMILES string of the molecule is CC[C@H](Sc1nc2n[nH]c(C)c2c(=N)n1-c1ccc(OC)cc1)C(=O)NC1CCCC1. The fourth-order valence-corrected chi connectivity index (χ4v) is 5.03. The molecule has 2 aromatic heterocycles. The lowest BCUT2D eigenvalue weighted by molar-refractivity contribution is -0.121. The Bertz CT molecular complexity index is 1130. The maximum absolute atomic E-state index is 13.0. The van der Waals surface area contributed by atoms with Crippen molar-refractivity contribution in [2.24, 2.45) is 0 Å². The molecule has 1 saturated carbocycles. The second-order valence-electron chi connectivity index (χ2n) is 7.83. The molecule has 0 saturated heterocycles. The molecule has 31 heavy (non-hydrogen) atoms. The normalized spacial score (nSPS) is 15.3. The third-order valence-corrected chi connectivity index (χ3v) is 7.04.